The Morgan fingerprint density at radius 3 is 2.81 bits per heavy atom. The molecular weight excluding hydrogens is 416 g/mol. The van der Waals surface area contributed by atoms with E-state index >= 15 is 0 Å². The van der Waals surface area contributed by atoms with Crippen molar-refractivity contribution < 1.29 is 9.53 Å². The monoisotopic (exact) mass is 448 g/mol. The van der Waals surface area contributed by atoms with Crippen molar-refractivity contribution in [2.24, 2.45) is 0 Å². The maximum absolute atomic E-state index is 11.7. The minimum absolute atomic E-state index is 0.0814. The Labute approximate surface area is 196 Å². The molecule has 0 aliphatic heterocycles. The SMILES string of the molecule is C#CCN(C1=c2ccccc2=C(NS/C(C=C)=C/C=C\C)CC=C1)C(C)CCC(=O)OC. The van der Waals surface area contributed by atoms with Gasteiger partial charge in [0.05, 0.1) is 13.7 Å². The molecule has 0 radical (unpaired) electrons. The zero-order valence-corrected chi connectivity index (χ0v) is 20.0. The normalized spacial score (nSPS) is 14.4. The first-order valence-electron chi connectivity index (χ1n) is 10.7. The Morgan fingerprint density at radius 1 is 1.41 bits per heavy atom. The van der Waals surface area contributed by atoms with Crippen molar-refractivity contribution in [1.82, 2.24) is 9.62 Å². The summed E-state index contributed by atoms with van der Waals surface area (Å²) in [4.78, 5) is 14.9. The van der Waals surface area contributed by atoms with Gasteiger partial charge in [0.2, 0.25) is 0 Å². The molecule has 0 aromatic heterocycles. The van der Waals surface area contributed by atoms with Crippen LogP contribution in [0.3, 0.4) is 0 Å². The summed E-state index contributed by atoms with van der Waals surface area (Å²) in [5.41, 5.74) is 2.18. The number of esters is 1. The minimum atomic E-state index is -0.208. The second-order valence-electron chi connectivity index (χ2n) is 7.31. The number of carbonyl (C=O) groups is 1. The predicted molar refractivity (Wildman–Crippen MR) is 136 cm³/mol. The van der Waals surface area contributed by atoms with Gasteiger partial charge >= 0.3 is 5.97 Å². The molecular formula is C27H32N2O2S. The Bertz CT molecular complexity index is 1060. The number of ether oxygens (including phenoxy) is 1. The number of hydrogen-bond donors (Lipinski definition) is 1. The van der Waals surface area contributed by atoms with Gasteiger partial charge in [-0.25, -0.2) is 0 Å². The van der Waals surface area contributed by atoms with Crippen LogP contribution < -0.4 is 15.2 Å². The molecule has 1 unspecified atom stereocenters. The lowest BCUT2D eigenvalue weighted by atomic mass is 10.1. The van der Waals surface area contributed by atoms with Gasteiger partial charge in [0.15, 0.2) is 0 Å². The van der Waals surface area contributed by atoms with Crippen molar-refractivity contribution in [3.63, 3.8) is 0 Å². The third-order valence-electron chi connectivity index (χ3n) is 5.17. The maximum atomic E-state index is 11.7. The molecule has 1 aliphatic rings. The van der Waals surface area contributed by atoms with Crippen molar-refractivity contribution >= 4 is 29.3 Å². The Kier molecular flexibility index (Phi) is 10.5. The number of methoxy groups -OCH3 is 1. The molecule has 1 N–H and O–H groups in total. The lowest BCUT2D eigenvalue weighted by molar-refractivity contribution is -0.140. The predicted octanol–water partition coefficient (Wildman–Crippen LogP) is 4.02. The summed E-state index contributed by atoms with van der Waals surface area (Å²) in [5, 5.41) is 2.25. The summed E-state index contributed by atoms with van der Waals surface area (Å²) in [5.74, 6) is 2.57. The van der Waals surface area contributed by atoms with Gasteiger partial charge in [-0.2, -0.15) is 0 Å². The molecule has 4 nitrogen and oxygen atoms in total. The van der Waals surface area contributed by atoms with E-state index in [4.69, 9.17) is 11.2 Å². The lowest BCUT2D eigenvalue weighted by Crippen LogP contribution is -2.39. The first-order valence-corrected chi connectivity index (χ1v) is 11.5. The highest BCUT2D eigenvalue weighted by Gasteiger charge is 2.18. The molecule has 1 aliphatic carbocycles. The van der Waals surface area contributed by atoms with Gasteiger partial charge in [-0.3, -0.25) is 4.79 Å². The van der Waals surface area contributed by atoms with E-state index in [1.54, 1.807) is 11.9 Å². The van der Waals surface area contributed by atoms with E-state index in [2.05, 4.69) is 53.3 Å². The van der Waals surface area contributed by atoms with Crippen LogP contribution in [0.15, 0.2) is 72.2 Å². The van der Waals surface area contributed by atoms with Crippen LogP contribution in [0.1, 0.15) is 33.1 Å². The van der Waals surface area contributed by atoms with Crippen LogP contribution in [0.25, 0.3) is 11.4 Å². The zero-order chi connectivity index (χ0) is 23.3. The number of allylic oxidation sites excluding steroid dienone is 4. The van der Waals surface area contributed by atoms with Gasteiger partial charge in [-0.05, 0) is 44.4 Å². The Hall–Kier alpha value is -3.10. The van der Waals surface area contributed by atoms with E-state index in [0.29, 0.717) is 19.4 Å². The summed E-state index contributed by atoms with van der Waals surface area (Å²) in [7, 11) is 1.42. The van der Waals surface area contributed by atoms with Crippen molar-refractivity contribution in [3.8, 4) is 12.3 Å². The molecule has 0 saturated heterocycles. The van der Waals surface area contributed by atoms with Gasteiger partial charge in [0.1, 0.15) is 0 Å². The van der Waals surface area contributed by atoms with Gasteiger partial charge in [0.25, 0.3) is 0 Å². The molecule has 2 rings (SSSR count). The smallest absolute Gasteiger partial charge is 0.305 e. The highest BCUT2D eigenvalue weighted by Crippen LogP contribution is 2.19. The number of hydrogen-bond acceptors (Lipinski definition) is 5. The van der Waals surface area contributed by atoms with Crippen LogP contribution >= 0.6 is 11.9 Å². The van der Waals surface area contributed by atoms with Crippen molar-refractivity contribution in [2.75, 3.05) is 13.7 Å². The minimum Gasteiger partial charge on any atom is -0.469 e. The van der Waals surface area contributed by atoms with Gasteiger partial charge < -0.3 is 14.4 Å². The van der Waals surface area contributed by atoms with E-state index in [1.165, 1.54) is 7.11 Å². The first kappa shape index (κ1) is 25.2. The maximum Gasteiger partial charge on any atom is 0.305 e. The zero-order valence-electron chi connectivity index (χ0n) is 19.1. The number of carbonyl (C=O) groups excluding carboxylic acids is 1. The summed E-state index contributed by atoms with van der Waals surface area (Å²) >= 11 is 1.55. The molecule has 32 heavy (non-hydrogen) atoms. The Morgan fingerprint density at radius 2 is 2.16 bits per heavy atom. The average Bonchev–Trinajstić information content (AvgIpc) is 3.00. The van der Waals surface area contributed by atoms with Gasteiger partial charge in [0, 0.05) is 45.6 Å². The van der Waals surface area contributed by atoms with Crippen LogP contribution in [0.4, 0.5) is 0 Å². The molecule has 0 fully saturated rings. The summed E-state index contributed by atoms with van der Waals surface area (Å²) < 4.78 is 8.33. The van der Waals surface area contributed by atoms with E-state index in [0.717, 1.165) is 33.2 Å². The van der Waals surface area contributed by atoms with E-state index in [1.807, 2.05) is 43.4 Å². The fraction of sp³-hybridized carbons (Fsp3) is 0.296. The molecule has 1 atom stereocenters. The fourth-order valence-corrected chi connectivity index (χ4v) is 4.09. The van der Waals surface area contributed by atoms with Gasteiger partial charge in [-0.1, -0.05) is 61.1 Å². The Balaban J connectivity index is 2.48. The number of nitrogens with zero attached hydrogens (tertiary/aromatic N) is 1. The number of rotatable bonds is 11. The molecule has 5 heteroatoms. The second-order valence-corrected chi connectivity index (χ2v) is 8.19. The average molecular weight is 449 g/mol. The molecule has 0 amide bonds. The largest absolute Gasteiger partial charge is 0.469 e. The highest BCUT2D eigenvalue weighted by molar-refractivity contribution is 8.01. The molecule has 1 aromatic rings. The van der Waals surface area contributed by atoms with Gasteiger partial charge in [-0.15, -0.1) is 6.42 Å². The van der Waals surface area contributed by atoms with E-state index in [9.17, 15) is 4.79 Å². The number of nitrogens with one attached hydrogen (secondary N) is 1. The second kappa shape index (κ2) is 13.3. The van der Waals surface area contributed by atoms with Crippen LogP contribution in [0, 0.1) is 12.3 Å². The topological polar surface area (TPSA) is 41.6 Å². The van der Waals surface area contributed by atoms with Crippen molar-refractivity contribution in [1.29, 1.82) is 0 Å². The summed E-state index contributed by atoms with van der Waals surface area (Å²) in [6, 6.07) is 8.41. The quantitative estimate of drug-likeness (QED) is 0.240. The van der Waals surface area contributed by atoms with E-state index < -0.39 is 0 Å². The molecule has 168 valence electrons. The van der Waals surface area contributed by atoms with Crippen LogP contribution in [0.5, 0.6) is 0 Å². The van der Waals surface area contributed by atoms with Crippen LogP contribution in [-0.2, 0) is 9.53 Å². The number of terminal acetylenes is 1. The van der Waals surface area contributed by atoms with Crippen LogP contribution in [-0.4, -0.2) is 30.6 Å². The van der Waals surface area contributed by atoms with Crippen molar-refractivity contribution in [3.05, 3.63) is 82.6 Å². The number of fused-ring (bicyclic) bond motifs is 1. The van der Waals surface area contributed by atoms with Crippen molar-refractivity contribution in [2.45, 2.75) is 39.2 Å². The molecule has 0 bridgehead atoms. The fourth-order valence-electron chi connectivity index (χ4n) is 3.42. The third kappa shape index (κ3) is 6.96. The third-order valence-corrected chi connectivity index (χ3v) is 6.06. The molecule has 1 aromatic carbocycles. The molecule has 0 heterocycles. The van der Waals surface area contributed by atoms with E-state index in [-0.39, 0.29) is 12.0 Å². The molecule has 0 spiro atoms. The standard InChI is InChI=1S/C27H32N2O2S/c1-6-9-13-22(8-3)32-28-25-16-12-17-26(24-15-11-10-14-23(24)25)29(20-7-2)21(4)18-19-27(30)31-5/h2,6,8-15,17,21,28H,3,16,18-20H2,1,4-5H3/b9-6-,22-13+. The first-order chi connectivity index (χ1) is 15.5. The number of benzene rings is 1. The summed E-state index contributed by atoms with van der Waals surface area (Å²) in [6.07, 6.45) is 19.6. The van der Waals surface area contributed by atoms with Crippen LogP contribution in [0.2, 0.25) is 0 Å². The lowest BCUT2D eigenvalue weighted by Gasteiger charge is -2.30. The highest BCUT2D eigenvalue weighted by atomic mass is 32.2. The summed E-state index contributed by atoms with van der Waals surface area (Å²) in [6.45, 7) is 8.44. The molecule has 0 saturated carbocycles.